The molecule has 0 aliphatic heterocycles. The van der Waals surface area contributed by atoms with Gasteiger partial charge in [-0.2, -0.15) is 17.0 Å². The topological polar surface area (TPSA) is 27.0 Å². The van der Waals surface area contributed by atoms with E-state index < -0.39 is 0 Å². The van der Waals surface area contributed by atoms with E-state index in [1.165, 1.54) is 12.8 Å². The maximum absolute atomic E-state index is 9.34. The second kappa shape index (κ2) is 6.82. The van der Waals surface area contributed by atoms with Crippen LogP contribution in [0.3, 0.4) is 0 Å². The molecule has 0 amide bonds. The summed E-state index contributed by atoms with van der Waals surface area (Å²) in [5.74, 6) is 2.14. The van der Waals surface area contributed by atoms with Crippen LogP contribution in [0.5, 0.6) is 0 Å². The standard InChI is InChI=1S/C15H28N2S/c1-15(2,3)13-7-6-12(11-16)14(10-13)17(4)8-9-18-5/h12-14H,6-10H2,1-5H3. The van der Waals surface area contributed by atoms with E-state index in [4.69, 9.17) is 0 Å². The molecule has 1 rings (SSSR count). The number of nitriles is 1. The summed E-state index contributed by atoms with van der Waals surface area (Å²) in [5.41, 5.74) is 0.374. The molecule has 0 radical (unpaired) electrons. The molecule has 1 saturated carbocycles. The molecule has 1 fully saturated rings. The highest BCUT2D eigenvalue weighted by molar-refractivity contribution is 7.98. The van der Waals surface area contributed by atoms with Gasteiger partial charge in [0, 0.05) is 18.3 Å². The molecule has 1 aliphatic rings. The molecule has 18 heavy (non-hydrogen) atoms. The van der Waals surface area contributed by atoms with Gasteiger partial charge in [-0.3, -0.25) is 0 Å². The maximum Gasteiger partial charge on any atom is 0.0672 e. The van der Waals surface area contributed by atoms with Crippen LogP contribution in [0.2, 0.25) is 0 Å². The Bertz CT molecular complexity index is 290. The zero-order valence-corrected chi connectivity index (χ0v) is 13.4. The van der Waals surface area contributed by atoms with Crippen molar-refractivity contribution in [2.24, 2.45) is 17.3 Å². The van der Waals surface area contributed by atoms with E-state index in [1.54, 1.807) is 0 Å². The van der Waals surface area contributed by atoms with E-state index in [9.17, 15) is 5.26 Å². The van der Waals surface area contributed by atoms with Crippen molar-refractivity contribution in [2.75, 3.05) is 25.6 Å². The van der Waals surface area contributed by atoms with Gasteiger partial charge < -0.3 is 4.90 Å². The first kappa shape index (κ1) is 15.9. The number of nitrogens with zero attached hydrogens (tertiary/aromatic N) is 2. The van der Waals surface area contributed by atoms with Crippen molar-refractivity contribution in [1.29, 1.82) is 5.26 Å². The van der Waals surface area contributed by atoms with Crippen LogP contribution in [-0.2, 0) is 0 Å². The van der Waals surface area contributed by atoms with Crippen molar-refractivity contribution in [3.8, 4) is 6.07 Å². The lowest BCUT2D eigenvalue weighted by atomic mass is 9.68. The van der Waals surface area contributed by atoms with E-state index in [2.05, 4.69) is 45.0 Å². The fourth-order valence-corrected chi connectivity index (χ4v) is 3.44. The average molecular weight is 268 g/mol. The van der Waals surface area contributed by atoms with Crippen molar-refractivity contribution < 1.29 is 0 Å². The predicted octanol–water partition coefficient (Wildman–Crippen LogP) is 3.64. The zero-order chi connectivity index (χ0) is 13.8. The van der Waals surface area contributed by atoms with E-state index in [-0.39, 0.29) is 5.92 Å². The lowest BCUT2D eigenvalue weighted by Gasteiger charge is -2.43. The molecular formula is C15H28N2S. The Kier molecular flexibility index (Phi) is 6.01. The normalized spacial score (nSPS) is 29.3. The molecule has 3 unspecified atom stereocenters. The van der Waals surface area contributed by atoms with Crippen LogP contribution in [-0.4, -0.2) is 36.5 Å². The van der Waals surface area contributed by atoms with Gasteiger partial charge in [-0.05, 0) is 43.9 Å². The summed E-state index contributed by atoms with van der Waals surface area (Å²) in [6.45, 7) is 8.11. The van der Waals surface area contributed by atoms with E-state index >= 15 is 0 Å². The Hall–Kier alpha value is -0.200. The van der Waals surface area contributed by atoms with Crippen LogP contribution < -0.4 is 0 Å². The third-order valence-electron chi connectivity index (χ3n) is 4.42. The molecule has 3 atom stereocenters. The highest BCUT2D eigenvalue weighted by Crippen LogP contribution is 2.41. The molecule has 104 valence electrons. The summed E-state index contributed by atoms with van der Waals surface area (Å²) in [4.78, 5) is 2.42. The minimum atomic E-state index is 0.232. The molecule has 0 aromatic rings. The van der Waals surface area contributed by atoms with Crippen LogP contribution in [0, 0.1) is 28.6 Å². The molecule has 0 saturated heterocycles. The highest BCUT2D eigenvalue weighted by Gasteiger charge is 2.37. The first-order valence-electron chi connectivity index (χ1n) is 6.99. The average Bonchev–Trinajstić information content (AvgIpc) is 2.34. The van der Waals surface area contributed by atoms with Gasteiger partial charge in [-0.1, -0.05) is 20.8 Å². The van der Waals surface area contributed by atoms with Gasteiger partial charge >= 0.3 is 0 Å². The Balaban J connectivity index is 2.68. The SMILES string of the molecule is CSCCN(C)C1CC(C(C)(C)C)CCC1C#N. The summed E-state index contributed by atoms with van der Waals surface area (Å²) in [5, 5.41) is 9.34. The van der Waals surface area contributed by atoms with Crippen molar-refractivity contribution in [3.05, 3.63) is 0 Å². The van der Waals surface area contributed by atoms with Gasteiger partial charge in [0.05, 0.1) is 12.0 Å². The van der Waals surface area contributed by atoms with Gasteiger partial charge in [-0.15, -0.1) is 0 Å². The van der Waals surface area contributed by atoms with Gasteiger partial charge in [0.1, 0.15) is 0 Å². The van der Waals surface area contributed by atoms with Crippen molar-refractivity contribution in [2.45, 2.75) is 46.1 Å². The van der Waals surface area contributed by atoms with Crippen LogP contribution in [0.15, 0.2) is 0 Å². The minimum absolute atomic E-state index is 0.232. The summed E-state index contributed by atoms with van der Waals surface area (Å²) >= 11 is 1.88. The summed E-state index contributed by atoms with van der Waals surface area (Å²) in [6, 6.07) is 2.99. The van der Waals surface area contributed by atoms with Gasteiger partial charge in [0.2, 0.25) is 0 Å². The highest BCUT2D eigenvalue weighted by atomic mass is 32.2. The smallest absolute Gasteiger partial charge is 0.0672 e. The van der Waals surface area contributed by atoms with E-state index in [1.807, 2.05) is 11.8 Å². The first-order chi connectivity index (χ1) is 8.40. The van der Waals surface area contributed by atoms with Crippen LogP contribution >= 0.6 is 11.8 Å². The number of rotatable bonds is 4. The summed E-state index contributed by atoms with van der Waals surface area (Å²) in [6.07, 6.45) is 5.63. The Morgan fingerprint density at radius 2 is 2.00 bits per heavy atom. The maximum atomic E-state index is 9.34. The number of thioether (sulfide) groups is 1. The molecule has 0 aromatic heterocycles. The molecular weight excluding hydrogens is 240 g/mol. The molecule has 2 nitrogen and oxygen atoms in total. The Morgan fingerprint density at radius 1 is 1.33 bits per heavy atom. The second-order valence-electron chi connectivity index (χ2n) is 6.65. The first-order valence-corrected chi connectivity index (χ1v) is 8.38. The second-order valence-corrected chi connectivity index (χ2v) is 7.64. The molecule has 3 heteroatoms. The monoisotopic (exact) mass is 268 g/mol. The van der Waals surface area contributed by atoms with E-state index in [0.717, 1.165) is 24.6 Å². The Morgan fingerprint density at radius 3 is 2.50 bits per heavy atom. The molecule has 0 N–H and O–H groups in total. The lowest BCUT2D eigenvalue weighted by molar-refractivity contribution is 0.0785. The van der Waals surface area contributed by atoms with E-state index in [0.29, 0.717) is 11.5 Å². The zero-order valence-electron chi connectivity index (χ0n) is 12.6. The van der Waals surface area contributed by atoms with Crippen LogP contribution in [0.25, 0.3) is 0 Å². The number of hydrogen-bond donors (Lipinski definition) is 0. The molecule has 1 aliphatic carbocycles. The molecule has 0 aromatic carbocycles. The van der Waals surface area contributed by atoms with Gasteiger partial charge in [0.15, 0.2) is 0 Å². The summed E-state index contributed by atoms with van der Waals surface area (Å²) in [7, 11) is 2.19. The van der Waals surface area contributed by atoms with Gasteiger partial charge in [-0.25, -0.2) is 0 Å². The third kappa shape index (κ3) is 4.17. The predicted molar refractivity (Wildman–Crippen MR) is 80.7 cm³/mol. The third-order valence-corrected chi connectivity index (χ3v) is 5.01. The fraction of sp³-hybridized carbons (Fsp3) is 0.933. The lowest BCUT2D eigenvalue weighted by Crippen LogP contribution is -2.45. The van der Waals surface area contributed by atoms with Gasteiger partial charge in [0.25, 0.3) is 0 Å². The van der Waals surface area contributed by atoms with Crippen molar-refractivity contribution in [3.63, 3.8) is 0 Å². The quantitative estimate of drug-likeness (QED) is 0.779. The Labute approximate surface area is 117 Å². The van der Waals surface area contributed by atoms with Crippen LogP contribution in [0.1, 0.15) is 40.0 Å². The molecule has 0 spiro atoms. The molecule has 0 bridgehead atoms. The van der Waals surface area contributed by atoms with Crippen molar-refractivity contribution >= 4 is 11.8 Å². The largest absolute Gasteiger partial charge is 0.301 e. The summed E-state index contributed by atoms with van der Waals surface area (Å²) < 4.78 is 0. The molecule has 0 heterocycles. The number of hydrogen-bond acceptors (Lipinski definition) is 3. The fourth-order valence-electron chi connectivity index (χ4n) is 2.97. The van der Waals surface area contributed by atoms with Crippen molar-refractivity contribution in [1.82, 2.24) is 4.90 Å². The van der Waals surface area contributed by atoms with Crippen LogP contribution in [0.4, 0.5) is 0 Å². The minimum Gasteiger partial charge on any atom is -0.301 e.